The molecule has 0 saturated carbocycles. The first-order valence-electron chi connectivity index (χ1n) is 2.81. The van der Waals surface area contributed by atoms with Crippen molar-refractivity contribution in [2.24, 2.45) is 0 Å². The molecular weight excluding hydrogens is 277 g/mol. The molecule has 0 aliphatic heterocycles. The van der Waals surface area contributed by atoms with Crippen molar-refractivity contribution in [3.8, 4) is 4.97 Å². The van der Waals surface area contributed by atoms with Gasteiger partial charge >= 0.3 is 79.3 Å². The number of hydrogen-bond acceptors (Lipinski definition) is 2. The molecule has 0 aromatic carbocycles. The van der Waals surface area contributed by atoms with Crippen molar-refractivity contribution in [1.29, 1.82) is 5.26 Å². The Kier molecular flexibility index (Phi) is 5.22. The van der Waals surface area contributed by atoms with E-state index in [1.165, 1.54) is 0 Å². The van der Waals surface area contributed by atoms with Gasteiger partial charge in [-0.1, -0.05) is 0 Å². The SMILES string of the molecule is CC/C(C(=O)O)=C(\Br)[Se]C#N. The summed E-state index contributed by atoms with van der Waals surface area (Å²) in [5.74, 6) is -0.948. The molecule has 11 heavy (non-hydrogen) atoms. The van der Waals surface area contributed by atoms with Gasteiger partial charge in [-0.15, -0.1) is 0 Å². The van der Waals surface area contributed by atoms with Crippen molar-refractivity contribution < 1.29 is 9.90 Å². The summed E-state index contributed by atoms with van der Waals surface area (Å²) in [6.45, 7) is 1.75. The Hall–Kier alpha value is -0.301. The Balaban J connectivity index is 4.56. The molecule has 0 unspecified atom stereocenters. The topological polar surface area (TPSA) is 61.1 Å². The second kappa shape index (κ2) is 5.36. The van der Waals surface area contributed by atoms with Crippen LogP contribution in [0.4, 0.5) is 0 Å². The summed E-state index contributed by atoms with van der Waals surface area (Å²) in [7, 11) is 0. The number of halogens is 1. The molecule has 3 nitrogen and oxygen atoms in total. The second-order valence-electron chi connectivity index (χ2n) is 1.60. The molecule has 0 aliphatic rings. The van der Waals surface area contributed by atoms with E-state index < -0.39 is 20.9 Å². The fourth-order valence-electron chi connectivity index (χ4n) is 0.476. The molecule has 5 heteroatoms. The van der Waals surface area contributed by atoms with Gasteiger partial charge in [0.15, 0.2) is 0 Å². The van der Waals surface area contributed by atoms with Crippen LogP contribution in [0.2, 0.25) is 0 Å². The van der Waals surface area contributed by atoms with Gasteiger partial charge in [-0.2, -0.15) is 0 Å². The molecule has 0 aromatic heterocycles. The van der Waals surface area contributed by atoms with E-state index in [4.69, 9.17) is 10.4 Å². The maximum absolute atomic E-state index is 10.5. The normalized spacial score (nSPS) is 11.7. The van der Waals surface area contributed by atoms with Crippen molar-refractivity contribution in [3.05, 3.63) is 8.95 Å². The number of carboxylic acids is 1. The van der Waals surface area contributed by atoms with Gasteiger partial charge in [-0.3, -0.25) is 0 Å². The van der Waals surface area contributed by atoms with Gasteiger partial charge in [0.2, 0.25) is 0 Å². The number of hydrogen-bond donors (Lipinski definition) is 1. The summed E-state index contributed by atoms with van der Waals surface area (Å²) in [6.07, 6.45) is 0.444. The van der Waals surface area contributed by atoms with Gasteiger partial charge < -0.3 is 0 Å². The Morgan fingerprint density at radius 3 is 2.64 bits per heavy atom. The summed E-state index contributed by atoms with van der Waals surface area (Å²) in [5.41, 5.74) is 0.298. The summed E-state index contributed by atoms with van der Waals surface area (Å²) in [4.78, 5) is 12.4. The Morgan fingerprint density at radius 1 is 1.82 bits per heavy atom. The van der Waals surface area contributed by atoms with Crippen LogP contribution in [0.5, 0.6) is 0 Å². The standard InChI is InChI=1S/C6H6BrNO2Se/c1-2-4(6(9)10)5(7)11-3-8/h2H2,1H3,(H,9,10)/b5-4-. The number of carboxylic acid groups (broad SMARTS) is 1. The van der Waals surface area contributed by atoms with Gasteiger partial charge in [0.1, 0.15) is 0 Å². The van der Waals surface area contributed by atoms with E-state index in [-0.39, 0.29) is 0 Å². The first kappa shape index (κ1) is 10.7. The van der Waals surface area contributed by atoms with E-state index >= 15 is 0 Å². The van der Waals surface area contributed by atoms with E-state index in [1.807, 2.05) is 4.97 Å². The first-order valence-corrected chi connectivity index (χ1v) is 5.32. The van der Waals surface area contributed by atoms with Crippen LogP contribution in [-0.4, -0.2) is 26.0 Å². The third-order valence-corrected chi connectivity index (χ3v) is 3.39. The molecule has 0 heterocycles. The van der Waals surface area contributed by atoms with Crippen molar-refractivity contribution in [2.45, 2.75) is 13.3 Å². The van der Waals surface area contributed by atoms with Gasteiger partial charge in [-0.25, -0.2) is 0 Å². The molecule has 0 bridgehead atoms. The molecule has 0 radical (unpaired) electrons. The molecule has 0 aliphatic carbocycles. The van der Waals surface area contributed by atoms with Gasteiger partial charge in [-0.05, 0) is 0 Å². The van der Waals surface area contributed by atoms with Crippen molar-refractivity contribution in [3.63, 3.8) is 0 Å². The van der Waals surface area contributed by atoms with E-state index in [2.05, 4.69) is 15.9 Å². The van der Waals surface area contributed by atoms with Crippen LogP contribution in [0.3, 0.4) is 0 Å². The van der Waals surface area contributed by atoms with Gasteiger partial charge in [0, 0.05) is 0 Å². The minimum atomic E-state index is -0.948. The Bertz CT molecular complexity index is 231. The summed E-state index contributed by atoms with van der Waals surface area (Å²) >= 11 is 2.67. The Morgan fingerprint density at radius 2 is 2.36 bits per heavy atom. The molecular formula is C6H6BrNO2Se. The molecule has 0 fully saturated rings. The van der Waals surface area contributed by atoms with E-state index in [0.29, 0.717) is 15.4 Å². The molecule has 1 N–H and O–H groups in total. The second-order valence-corrected chi connectivity index (χ2v) is 5.25. The number of aliphatic carboxylic acids is 1. The molecule has 60 valence electrons. The van der Waals surface area contributed by atoms with E-state index in [9.17, 15) is 4.79 Å². The third kappa shape index (κ3) is 3.57. The van der Waals surface area contributed by atoms with E-state index in [1.54, 1.807) is 6.92 Å². The summed E-state index contributed by atoms with van der Waals surface area (Å²) in [5, 5.41) is 16.9. The van der Waals surface area contributed by atoms with E-state index in [0.717, 1.165) is 0 Å². The first-order chi connectivity index (χ1) is 5.13. The quantitative estimate of drug-likeness (QED) is 0.626. The van der Waals surface area contributed by atoms with Crippen molar-refractivity contribution >= 4 is 36.9 Å². The average molecular weight is 283 g/mol. The molecule has 0 spiro atoms. The monoisotopic (exact) mass is 283 g/mol. The Labute approximate surface area is 79.4 Å². The molecule has 0 rings (SSSR count). The zero-order valence-corrected chi connectivity index (χ0v) is 9.10. The predicted molar refractivity (Wildman–Crippen MR) is 45.2 cm³/mol. The maximum atomic E-state index is 10.5. The fourth-order valence-corrected chi connectivity index (χ4v) is 2.21. The van der Waals surface area contributed by atoms with Gasteiger partial charge in [0.05, 0.1) is 0 Å². The summed E-state index contributed by atoms with van der Waals surface area (Å²) in [6, 6.07) is 0. The zero-order valence-electron chi connectivity index (χ0n) is 5.80. The number of rotatable bonds is 3. The third-order valence-electron chi connectivity index (χ3n) is 0.984. The predicted octanol–water partition coefficient (Wildman–Crippen LogP) is 1.27. The number of nitriles is 1. The van der Waals surface area contributed by atoms with Crippen LogP contribution < -0.4 is 0 Å². The van der Waals surface area contributed by atoms with Crippen LogP contribution in [-0.2, 0) is 4.79 Å². The van der Waals surface area contributed by atoms with Crippen LogP contribution in [0.15, 0.2) is 8.95 Å². The molecule has 0 atom stereocenters. The van der Waals surface area contributed by atoms with Crippen molar-refractivity contribution in [2.75, 3.05) is 0 Å². The molecule has 0 amide bonds. The fraction of sp³-hybridized carbons (Fsp3) is 0.333. The van der Waals surface area contributed by atoms with Crippen LogP contribution in [0.1, 0.15) is 13.3 Å². The summed E-state index contributed by atoms with van der Waals surface area (Å²) < 4.78 is 0.530. The number of carbonyl (C=O) groups is 1. The molecule has 0 aromatic rings. The van der Waals surface area contributed by atoms with Crippen LogP contribution >= 0.6 is 15.9 Å². The average Bonchev–Trinajstić information content (AvgIpc) is 1.88. The van der Waals surface area contributed by atoms with Crippen molar-refractivity contribution in [1.82, 2.24) is 0 Å². The van der Waals surface area contributed by atoms with Gasteiger partial charge in [0.25, 0.3) is 0 Å². The van der Waals surface area contributed by atoms with Crippen LogP contribution in [0.25, 0.3) is 0 Å². The minimum absolute atomic E-state index is 0.298. The number of nitrogens with zero attached hydrogens (tertiary/aromatic N) is 1. The molecule has 0 saturated heterocycles. The zero-order chi connectivity index (χ0) is 8.85. The van der Waals surface area contributed by atoms with Crippen LogP contribution in [0, 0.1) is 10.2 Å².